The normalized spacial score (nSPS) is 13.4. The summed E-state index contributed by atoms with van der Waals surface area (Å²) in [6, 6.07) is 8.94. The van der Waals surface area contributed by atoms with E-state index in [9.17, 15) is 14.9 Å². The minimum atomic E-state index is -0.432. The Labute approximate surface area is 197 Å². The molecular weight excluding hydrogens is 434 g/mol. The van der Waals surface area contributed by atoms with Crippen LogP contribution < -0.4 is 16.1 Å². The number of rotatable bonds is 6. The van der Waals surface area contributed by atoms with Crippen molar-refractivity contribution in [3.8, 4) is 6.07 Å². The lowest BCUT2D eigenvalue weighted by molar-refractivity contribution is 0.206. The topological polar surface area (TPSA) is 131 Å². The fourth-order valence-electron chi connectivity index (χ4n) is 3.89. The first-order valence-electron chi connectivity index (χ1n) is 11.3. The van der Waals surface area contributed by atoms with Crippen molar-refractivity contribution in [3.05, 3.63) is 42.2 Å². The average Bonchev–Trinajstić information content (AvgIpc) is 3.49. The van der Waals surface area contributed by atoms with Gasteiger partial charge in [-0.05, 0) is 51.0 Å². The number of fused-ring (bicyclic) bond motifs is 1. The van der Waals surface area contributed by atoms with Crippen molar-refractivity contribution in [1.82, 2.24) is 29.9 Å². The predicted molar refractivity (Wildman–Crippen MR) is 129 cm³/mol. The van der Waals surface area contributed by atoms with Crippen molar-refractivity contribution >= 4 is 40.4 Å². The van der Waals surface area contributed by atoms with Crippen LogP contribution in [0.15, 0.2) is 36.7 Å². The lowest BCUT2D eigenvalue weighted by Gasteiger charge is -2.19. The maximum Gasteiger partial charge on any atom is 0.336 e. The Morgan fingerprint density at radius 2 is 1.94 bits per heavy atom. The van der Waals surface area contributed by atoms with Crippen molar-refractivity contribution < 1.29 is 9.59 Å². The Bertz CT molecular complexity index is 1240. The smallest absolute Gasteiger partial charge is 0.336 e. The summed E-state index contributed by atoms with van der Waals surface area (Å²) >= 11 is 0. The Morgan fingerprint density at radius 3 is 2.65 bits per heavy atom. The van der Waals surface area contributed by atoms with Gasteiger partial charge in [-0.3, -0.25) is 15.3 Å². The molecule has 3 amide bonds. The summed E-state index contributed by atoms with van der Waals surface area (Å²) < 4.78 is 1.62. The van der Waals surface area contributed by atoms with Gasteiger partial charge in [-0.25, -0.2) is 19.6 Å². The lowest BCUT2D eigenvalue weighted by Crippen LogP contribution is -2.42. The number of amides is 3. The number of anilines is 3. The molecule has 0 bridgehead atoms. The highest BCUT2D eigenvalue weighted by Gasteiger charge is 2.17. The Hall–Kier alpha value is -4.17. The molecule has 1 aromatic carbocycles. The summed E-state index contributed by atoms with van der Waals surface area (Å²) in [6.07, 6.45) is 5.19. The van der Waals surface area contributed by atoms with Gasteiger partial charge in [0, 0.05) is 43.4 Å². The van der Waals surface area contributed by atoms with E-state index in [1.54, 1.807) is 15.7 Å². The van der Waals surface area contributed by atoms with Gasteiger partial charge in [0.2, 0.25) is 5.95 Å². The molecule has 0 saturated carbocycles. The van der Waals surface area contributed by atoms with Crippen LogP contribution in [-0.2, 0) is 0 Å². The molecule has 4 rings (SSSR count). The minimum absolute atomic E-state index is 0.0776. The zero-order chi connectivity index (χ0) is 24.1. The number of hydrogen-bond donors (Lipinski definition) is 3. The number of nitrogens with zero attached hydrogens (tertiary/aromatic N) is 6. The third kappa shape index (κ3) is 4.92. The van der Waals surface area contributed by atoms with E-state index in [1.165, 1.54) is 6.20 Å². The molecule has 2 aromatic heterocycles. The second-order valence-corrected chi connectivity index (χ2v) is 7.87. The number of nitriles is 1. The zero-order valence-electron chi connectivity index (χ0n) is 19.2. The van der Waals surface area contributed by atoms with Crippen LogP contribution in [0.25, 0.3) is 10.9 Å². The van der Waals surface area contributed by atoms with Crippen molar-refractivity contribution in [2.45, 2.75) is 26.7 Å². The van der Waals surface area contributed by atoms with Crippen LogP contribution in [0.3, 0.4) is 0 Å². The summed E-state index contributed by atoms with van der Waals surface area (Å²) in [6.45, 7) is 6.77. The number of benzene rings is 1. The fourth-order valence-corrected chi connectivity index (χ4v) is 3.89. The average molecular weight is 462 g/mol. The second-order valence-electron chi connectivity index (χ2n) is 7.87. The van der Waals surface area contributed by atoms with E-state index < -0.39 is 6.03 Å². The van der Waals surface area contributed by atoms with E-state index in [-0.39, 0.29) is 23.4 Å². The maximum absolute atomic E-state index is 12.8. The summed E-state index contributed by atoms with van der Waals surface area (Å²) in [7, 11) is 0. The monoisotopic (exact) mass is 461 g/mol. The van der Waals surface area contributed by atoms with Gasteiger partial charge in [0.05, 0.1) is 11.7 Å². The quantitative estimate of drug-likeness (QED) is 0.512. The van der Waals surface area contributed by atoms with Gasteiger partial charge >= 0.3 is 12.1 Å². The number of carbonyl (C=O) groups is 2. The first-order valence-corrected chi connectivity index (χ1v) is 11.3. The van der Waals surface area contributed by atoms with Crippen molar-refractivity contribution in [3.63, 3.8) is 0 Å². The lowest BCUT2D eigenvalue weighted by atomic mass is 10.2. The molecule has 0 aliphatic carbocycles. The van der Waals surface area contributed by atoms with Crippen LogP contribution in [0, 0.1) is 11.3 Å². The summed E-state index contributed by atoms with van der Waals surface area (Å²) in [5.74, 6) is 0.349. The fraction of sp³-hybridized carbons (Fsp3) is 0.348. The Kier molecular flexibility index (Phi) is 6.89. The van der Waals surface area contributed by atoms with E-state index in [0.29, 0.717) is 18.8 Å². The molecular formula is C23H27N9O2. The molecule has 0 atom stereocenters. The number of aromatic nitrogens is 3. The van der Waals surface area contributed by atoms with Crippen LogP contribution in [0.1, 0.15) is 32.3 Å². The first-order chi connectivity index (χ1) is 16.5. The molecule has 0 unspecified atom stereocenters. The minimum Gasteiger partial charge on any atom is -0.339 e. The van der Waals surface area contributed by atoms with E-state index in [0.717, 1.165) is 36.8 Å². The molecule has 3 aromatic rings. The van der Waals surface area contributed by atoms with Gasteiger partial charge in [0.1, 0.15) is 11.6 Å². The molecule has 176 valence electrons. The van der Waals surface area contributed by atoms with Crippen LogP contribution >= 0.6 is 0 Å². The largest absolute Gasteiger partial charge is 0.339 e. The van der Waals surface area contributed by atoms with Crippen LogP contribution in [0.2, 0.25) is 0 Å². The highest BCUT2D eigenvalue weighted by molar-refractivity contribution is 5.93. The number of hydrogen-bond acceptors (Lipinski definition) is 7. The number of nitrogens with one attached hydrogen (secondary N) is 3. The molecule has 0 spiro atoms. The summed E-state index contributed by atoms with van der Waals surface area (Å²) in [5, 5.41) is 17.9. The molecule has 1 saturated heterocycles. The molecule has 1 fully saturated rings. The number of carbonyl (C=O) groups excluding carboxylic acids is 2. The SMILES string of the molecule is CCN(CC)C(=O)n1ccc2cc(Nc3nc(NC(=O)NN4CCCC4)ncc3C#N)ccc21. The molecule has 1 aliphatic rings. The molecule has 3 N–H and O–H groups in total. The Morgan fingerprint density at radius 1 is 1.18 bits per heavy atom. The third-order valence-corrected chi connectivity index (χ3v) is 5.69. The summed E-state index contributed by atoms with van der Waals surface area (Å²) in [4.78, 5) is 35.1. The molecule has 34 heavy (non-hydrogen) atoms. The van der Waals surface area contributed by atoms with Gasteiger partial charge < -0.3 is 10.2 Å². The summed E-state index contributed by atoms with van der Waals surface area (Å²) in [5.41, 5.74) is 4.46. The third-order valence-electron chi connectivity index (χ3n) is 5.69. The van der Waals surface area contributed by atoms with Crippen LogP contribution in [-0.4, -0.2) is 62.7 Å². The number of urea groups is 1. The van der Waals surface area contributed by atoms with Gasteiger partial charge in [0.15, 0.2) is 5.82 Å². The van der Waals surface area contributed by atoms with E-state index in [2.05, 4.69) is 32.1 Å². The first kappa shape index (κ1) is 23.0. The van der Waals surface area contributed by atoms with Crippen molar-refractivity contribution in [2.24, 2.45) is 0 Å². The highest BCUT2D eigenvalue weighted by atomic mass is 16.2. The van der Waals surface area contributed by atoms with Crippen LogP contribution in [0.4, 0.5) is 27.0 Å². The van der Waals surface area contributed by atoms with E-state index >= 15 is 0 Å². The number of hydrazine groups is 1. The molecule has 0 radical (unpaired) electrons. The van der Waals surface area contributed by atoms with Crippen molar-refractivity contribution in [2.75, 3.05) is 36.8 Å². The van der Waals surface area contributed by atoms with Gasteiger partial charge in [-0.2, -0.15) is 10.2 Å². The second kappa shape index (κ2) is 10.2. The Balaban J connectivity index is 1.52. The van der Waals surface area contributed by atoms with E-state index in [4.69, 9.17) is 0 Å². The maximum atomic E-state index is 12.8. The van der Waals surface area contributed by atoms with E-state index in [1.807, 2.05) is 43.1 Å². The standard InChI is InChI=1S/C23H27N9O2/c1-3-30(4-2)23(34)32-12-9-16-13-18(7-8-19(16)32)26-20-17(14-24)15-25-21(27-20)28-22(33)29-31-10-5-6-11-31/h7-9,12-13,15H,3-6,10-11H2,1-2H3,(H3,25,26,27,28,29,33). The molecule has 1 aliphatic heterocycles. The van der Waals surface area contributed by atoms with Gasteiger partial charge in [-0.15, -0.1) is 0 Å². The molecule has 11 heteroatoms. The van der Waals surface area contributed by atoms with Crippen LogP contribution in [0.5, 0.6) is 0 Å². The van der Waals surface area contributed by atoms with Gasteiger partial charge in [0.25, 0.3) is 0 Å². The highest BCUT2D eigenvalue weighted by Crippen LogP contribution is 2.25. The molecule has 3 heterocycles. The zero-order valence-corrected chi connectivity index (χ0v) is 19.2. The van der Waals surface area contributed by atoms with Gasteiger partial charge in [-0.1, -0.05) is 0 Å². The predicted octanol–water partition coefficient (Wildman–Crippen LogP) is 3.49. The molecule has 11 nitrogen and oxygen atoms in total. The van der Waals surface area contributed by atoms with Crippen molar-refractivity contribution in [1.29, 1.82) is 5.26 Å².